The summed E-state index contributed by atoms with van der Waals surface area (Å²) in [5.74, 6) is 0.792. The maximum Gasteiger partial charge on any atom is 0.0480 e. The first-order valence-electron chi connectivity index (χ1n) is 10.7. The van der Waals surface area contributed by atoms with Gasteiger partial charge in [0.2, 0.25) is 0 Å². The third-order valence-corrected chi connectivity index (χ3v) is 6.59. The van der Waals surface area contributed by atoms with Crippen molar-refractivity contribution in [1.29, 1.82) is 0 Å². The zero-order chi connectivity index (χ0) is 18.9. The summed E-state index contributed by atoms with van der Waals surface area (Å²) in [6.45, 7) is 8.99. The van der Waals surface area contributed by atoms with Crippen LogP contribution >= 0.6 is 0 Å². The van der Waals surface area contributed by atoms with Crippen LogP contribution in [0.3, 0.4) is 0 Å². The fraction of sp³-hybridized carbons (Fsp3) is 0.458. The van der Waals surface area contributed by atoms with Crippen molar-refractivity contribution in [3.63, 3.8) is 0 Å². The van der Waals surface area contributed by atoms with Crippen LogP contribution in [0.4, 0.5) is 0 Å². The summed E-state index contributed by atoms with van der Waals surface area (Å²) in [5, 5.41) is 1.37. The van der Waals surface area contributed by atoms with Gasteiger partial charge >= 0.3 is 0 Å². The van der Waals surface area contributed by atoms with Gasteiger partial charge in [0.25, 0.3) is 0 Å². The van der Waals surface area contributed by atoms with Gasteiger partial charge < -0.3 is 4.57 Å². The van der Waals surface area contributed by atoms with Crippen LogP contribution in [-0.4, -0.2) is 45.0 Å². The van der Waals surface area contributed by atoms with Gasteiger partial charge in [0.05, 0.1) is 0 Å². The molecule has 0 unspecified atom stereocenters. The van der Waals surface area contributed by atoms with Crippen LogP contribution in [0.2, 0.25) is 0 Å². The number of pyridine rings is 1. The Morgan fingerprint density at radius 1 is 1.00 bits per heavy atom. The molecule has 146 valence electrons. The van der Waals surface area contributed by atoms with Gasteiger partial charge in [-0.25, -0.2) is 0 Å². The van der Waals surface area contributed by atoms with Crippen molar-refractivity contribution in [3.05, 3.63) is 66.1 Å². The molecular formula is C24H30N4. The maximum absolute atomic E-state index is 4.29. The molecule has 0 aliphatic carbocycles. The van der Waals surface area contributed by atoms with Gasteiger partial charge in [0, 0.05) is 69.4 Å². The fourth-order valence-corrected chi connectivity index (χ4v) is 5.21. The van der Waals surface area contributed by atoms with Crippen molar-refractivity contribution >= 4 is 10.9 Å². The van der Waals surface area contributed by atoms with E-state index in [4.69, 9.17) is 0 Å². The second-order valence-electron chi connectivity index (χ2n) is 8.58. The minimum absolute atomic E-state index is 0.673. The molecule has 5 heterocycles. The number of fused-ring (bicyclic) bond motifs is 5. The van der Waals surface area contributed by atoms with E-state index in [0.717, 1.165) is 25.6 Å². The number of aromatic nitrogens is 2. The van der Waals surface area contributed by atoms with E-state index >= 15 is 0 Å². The third-order valence-electron chi connectivity index (χ3n) is 6.59. The monoisotopic (exact) mass is 374 g/mol. The van der Waals surface area contributed by atoms with Gasteiger partial charge in [-0.05, 0) is 66.5 Å². The van der Waals surface area contributed by atoms with E-state index in [0.29, 0.717) is 6.04 Å². The molecule has 2 atom stereocenters. The van der Waals surface area contributed by atoms with Crippen LogP contribution in [0, 0.1) is 5.92 Å². The molecule has 0 saturated carbocycles. The largest absolute Gasteiger partial charge is 0.348 e. The molecule has 0 amide bonds. The standard InChI is InChI=1S/C24H30N4/c1-2-27-11-9-22-12-19(6-8-24(22)27)16-28-17-21-5-7-23(28)18-26(15-21)14-20-4-3-10-25-13-20/h3-4,6,8-13,21,23H,2,5,7,14-18H2,1H3/t21-,23+/m0/s1. The van der Waals surface area contributed by atoms with Crippen molar-refractivity contribution in [2.75, 3.05) is 19.6 Å². The van der Waals surface area contributed by atoms with Crippen LogP contribution in [0.25, 0.3) is 10.9 Å². The average molecular weight is 375 g/mol. The van der Waals surface area contributed by atoms with Gasteiger partial charge in [0.1, 0.15) is 0 Å². The quantitative estimate of drug-likeness (QED) is 0.670. The molecule has 3 aliphatic heterocycles. The number of piperidine rings is 1. The molecular weight excluding hydrogens is 344 g/mol. The van der Waals surface area contributed by atoms with E-state index in [9.17, 15) is 0 Å². The molecule has 2 bridgehead atoms. The Morgan fingerprint density at radius 3 is 2.82 bits per heavy atom. The van der Waals surface area contributed by atoms with Crippen LogP contribution in [0.5, 0.6) is 0 Å². The first-order chi connectivity index (χ1) is 13.8. The van der Waals surface area contributed by atoms with Gasteiger partial charge in [-0.3, -0.25) is 14.8 Å². The molecule has 28 heavy (non-hydrogen) atoms. The summed E-state index contributed by atoms with van der Waals surface area (Å²) in [5.41, 5.74) is 4.14. The number of rotatable bonds is 5. The second kappa shape index (κ2) is 7.69. The third kappa shape index (κ3) is 3.59. The van der Waals surface area contributed by atoms with E-state index in [1.165, 1.54) is 54.5 Å². The molecule has 1 aromatic carbocycles. The zero-order valence-corrected chi connectivity index (χ0v) is 16.8. The van der Waals surface area contributed by atoms with Crippen molar-refractivity contribution in [1.82, 2.24) is 19.4 Å². The van der Waals surface area contributed by atoms with E-state index < -0.39 is 0 Å². The van der Waals surface area contributed by atoms with Gasteiger partial charge in [-0.2, -0.15) is 0 Å². The Balaban J connectivity index is 1.30. The van der Waals surface area contributed by atoms with E-state index in [1.54, 1.807) is 0 Å². The van der Waals surface area contributed by atoms with Crippen LogP contribution < -0.4 is 0 Å². The Labute approximate surface area is 167 Å². The highest BCUT2D eigenvalue weighted by Gasteiger charge is 2.34. The number of benzene rings is 1. The van der Waals surface area contributed by atoms with Gasteiger partial charge in [-0.15, -0.1) is 0 Å². The molecule has 0 spiro atoms. The molecule has 0 N–H and O–H groups in total. The number of hydrogen-bond donors (Lipinski definition) is 0. The van der Waals surface area contributed by atoms with E-state index in [-0.39, 0.29) is 0 Å². The molecule has 3 saturated heterocycles. The first-order valence-corrected chi connectivity index (χ1v) is 10.7. The summed E-state index contributed by atoms with van der Waals surface area (Å²) in [4.78, 5) is 9.69. The Kier molecular flexibility index (Phi) is 4.91. The molecule has 3 aliphatic rings. The van der Waals surface area contributed by atoms with E-state index in [2.05, 4.69) is 68.9 Å². The molecule has 6 rings (SSSR count). The van der Waals surface area contributed by atoms with Crippen LogP contribution in [-0.2, 0) is 19.6 Å². The number of nitrogens with zero attached hydrogens (tertiary/aromatic N) is 4. The van der Waals surface area contributed by atoms with Crippen molar-refractivity contribution in [2.24, 2.45) is 5.92 Å². The predicted octanol–water partition coefficient (Wildman–Crippen LogP) is 4.15. The Bertz CT molecular complexity index is 932. The molecule has 0 radical (unpaired) electrons. The SMILES string of the molecule is CCn1ccc2cc(CN3C[C@H]4CC[C@@H]3CN(Cc3cccnc3)C4)ccc21. The van der Waals surface area contributed by atoms with E-state index in [1.807, 2.05) is 12.4 Å². The smallest absolute Gasteiger partial charge is 0.0480 e. The van der Waals surface area contributed by atoms with Crippen molar-refractivity contribution in [3.8, 4) is 0 Å². The van der Waals surface area contributed by atoms with Gasteiger partial charge in [0.15, 0.2) is 0 Å². The van der Waals surface area contributed by atoms with Crippen molar-refractivity contribution < 1.29 is 0 Å². The number of hydrogen-bond acceptors (Lipinski definition) is 3. The minimum atomic E-state index is 0.673. The molecule has 3 fully saturated rings. The summed E-state index contributed by atoms with van der Waals surface area (Å²) in [7, 11) is 0. The minimum Gasteiger partial charge on any atom is -0.348 e. The molecule has 2 aromatic heterocycles. The fourth-order valence-electron chi connectivity index (χ4n) is 5.21. The highest BCUT2D eigenvalue weighted by molar-refractivity contribution is 5.80. The predicted molar refractivity (Wildman–Crippen MR) is 114 cm³/mol. The number of aryl methyl sites for hydroxylation is 1. The van der Waals surface area contributed by atoms with Gasteiger partial charge in [-0.1, -0.05) is 12.1 Å². The first kappa shape index (κ1) is 17.9. The molecule has 3 aromatic rings. The topological polar surface area (TPSA) is 24.3 Å². The summed E-state index contributed by atoms with van der Waals surface area (Å²) in [6, 6.07) is 14.2. The lowest BCUT2D eigenvalue weighted by Crippen LogP contribution is -2.43. The van der Waals surface area contributed by atoms with Crippen LogP contribution in [0.15, 0.2) is 55.0 Å². The van der Waals surface area contributed by atoms with Crippen molar-refractivity contribution in [2.45, 2.75) is 45.4 Å². The maximum atomic E-state index is 4.29. The Morgan fingerprint density at radius 2 is 1.96 bits per heavy atom. The summed E-state index contributed by atoms with van der Waals surface area (Å²) >= 11 is 0. The molecule has 4 nitrogen and oxygen atoms in total. The summed E-state index contributed by atoms with van der Waals surface area (Å²) < 4.78 is 2.32. The normalized spacial score (nSPS) is 23.3. The lowest BCUT2D eigenvalue weighted by Gasteiger charge is -2.36. The summed E-state index contributed by atoms with van der Waals surface area (Å²) in [6.07, 6.45) is 8.80. The lowest BCUT2D eigenvalue weighted by atomic mass is 9.94. The average Bonchev–Trinajstić information content (AvgIpc) is 2.93. The Hall–Kier alpha value is -2.17. The second-order valence-corrected chi connectivity index (χ2v) is 8.58. The molecule has 4 heteroatoms. The highest BCUT2D eigenvalue weighted by atomic mass is 15.3. The lowest BCUT2D eigenvalue weighted by molar-refractivity contribution is 0.123. The zero-order valence-electron chi connectivity index (χ0n) is 16.8. The van der Waals surface area contributed by atoms with Crippen LogP contribution in [0.1, 0.15) is 30.9 Å². The highest BCUT2D eigenvalue weighted by Crippen LogP contribution is 2.30.